The van der Waals surface area contributed by atoms with Gasteiger partial charge in [-0.1, -0.05) is 12.1 Å². The molecule has 1 aromatic heterocycles. The first kappa shape index (κ1) is 7.22. The van der Waals surface area contributed by atoms with Gasteiger partial charge in [-0.15, -0.1) is 0 Å². The number of ether oxygens (including phenoxy) is 1. The normalized spacial score (nSPS) is 10.5. The molecule has 0 saturated heterocycles. The van der Waals surface area contributed by atoms with E-state index in [-0.39, 0.29) is 0 Å². The molecule has 0 aliphatic carbocycles. The molecule has 0 radical (unpaired) electrons. The van der Waals surface area contributed by atoms with Crippen molar-refractivity contribution in [3.05, 3.63) is 29.8 Å². The molecule has 1 heterocycles. The summed E-state index contributed by atoms with van der Waals surface area (Å²) < 4.78 is 5.10. The van der Waals surface area contributed by atoms with Gasteiger partial charge in [-0.2, -0.15) is 0 Å². The Morgan fingerprint density at radius 2 is 2.17 bits per heavy atom. The number of benzene rings is 1. The summed E-state index contributed by atoms with van der Waals surface area (Å²) in [6, 6.07) is 8.19. The van der Waals surface area contributed by atoms with Crippen LogP contribution in [0.4, 0.5) is 0 Å². The van der Waals surface area contributed by atoms with Crippen LogP contribution in [-0.4, -0.2) is 12.1 Å². The zero-order valence-corrected chi connectivity index (χ0v) is 7.22. The van der Waals surface area contributed by atoms with Gasteiger partial charge in [0.15, 0.2) is 5.88 Å². The molecule has 12 heavy (non-hydrogen) atoms. The van der Waals surface area contributed by atoms with Gasteiger partial charge < -0.3 is 9.72 Å². The highest BCUT2D eigenvalue weighted by Gasteiger charge is 2.00. The van der Waals surface area contributed by atoms with Crippen LogP contribution in [0.2, 0.25) is 0 Å². The second-order valence-electron chi connectivity index (χ2n) is 2.87. The molecule has 0 bridgehead atoms. The second-order valence-corrected chi connectivity index (χ2v) is 2.87. The van der Waals surface area contributed by atoms with Crippen molar-refractivity contribution >= 4 is 10.9 Å². The summed E-state index contributed by atoms with van der Waals surface area (Å²) in [5, 5.41) is 1.23. The van der Waals surface area contributed by atoms with E-state index in [0.29, 0.717) is 0 Å². The summed E-state index contributed by atoms with van der Waals surface area (Å²) in [4.78, 5) is 3.16. The lowest BCUT2D eigenvalue weighted by molar-refractivity contribution is 0.401. The van der Waals surface area contributed by atoms with Crippen molar-refractivity contribution in [1.29, 1.82) is 0 Å². The Kier molecular flexibility index (Phi) is 1.54. The number of rotatable bonds is 1. The minimum atomic E-state index is 0.819. The molecule has 62 valence electrons. The molecule has 0 aliphatic heterocycles. The third-order valence-electron chi connectivity index (χ3n) is 2.08. The summed E-state index contributed by atoms with van der Waals surface area (Å²) in [7, 11) is 1.67. The fourth-order valence-corrected chi connectivity index (χ4v) is 1.39. The predicted octanol–water partition coefficient (Wildman–Crippen LogP) is 2.48. The molecule has 0 amide bonds. The van der Waals surface area contributed by atoms with Crippen LogP contribution in [0.1, 0.15) is 5.56 Å². The van der Waals surface area contributed by atoms with Crippen molar-refractivity contribution in [3.8, 4) is 5.88 Å². The maximum atomic E-state index is 5.10. The van der Waals surface area contributed by atoms with Crippen LogP contribution in [0.3, 0.4) is 0 Å². The molecular formula is C10H11NO. The molecule has 2 rings (SSSR count). The molecule has 2 aromatic rings. The average molecular weight is 161 g/mol. The van der Waals surface area contributed by atoms with E-state index in [1.165, 1.54) is 10.9 Å². The molecule has 2 nitrogen and oxygen atoms in total. The van der Waals surface area contributed by atoms with E-state index in [2.05, 4.69) is 18.0 Å². The fraction of sp³-hybridized carbons (Fsp3) is 0.200. The molecule has 2 heteroatoms. The van der Waals surface area contributed by atoms with Crippen LogP contribution >= 0.6 is 0 Å². The first-order valence-electron chi connectivity index (χ1n) is 3.93. The van der Waals surface area contributed by atoms with E-state index in [4.69, 9.17) is 4.74 Å². The maximum Gasteiger partial charge on any atom is 0.191 e. The number of H-pyrrole nitrogens is 1. The van der Waals surface area contributed by atoms with E-state index in [9.17, 15) is 0 Å². The van der Waals surface area contributed by atoms with Crippen molar-refractivity contribution in [2.45, 2.75) is 6.92 Å². The summed E-state index contributed by atoms with van der Waals surface area (Å²) in [5.74, 6) is 0.819. The van der Waals surface area contributed by atoms with E-state index in [1.54, 1.807) is 7.11 Å². The standard InChI is InChI=1S/C10H11NO/c1-7-4-3-5-9-8(7)6-10(11-9)12-2/h3-6,11H,1-2H3. The summed E-state index contributed by atoms with van der Waals surface area (Å²) in [6.45, 7) is 2.09. The first-order chi connectivity index (χ1) is 5.81. The number of fused-ring (bicyclic) bond motifs is 1. The Bertz CT molecular complexity index is 403. The number of hydrogen-bond donors (Lipinski definition) is 1. The van der Waals surface area contributed by atoms with Crippen molar-refractivity contribution in [1.82, 2.24) is 4.98 Å². The number of hydrogen-bond acceptors (Lipinski definition) is 1. The van der Waals surface area contributed by atoms with Gasteiger partial charge >= 0.3 is 0 Å². The molecule has 0 fully saturated rings. The Balaban J connectivity index is 2.74. The minimum absolute atomic E-state index is 0.819. The average Bonchev–Trinajstić information content (AvgIpc) is 2.49. The fourth-order valence-electron chi connectivity index (χ4n) is 1.39. The van der Waals surface area contributed by atoms with Gasteiger partial charge in [-0.3, -0.25) is 0 Å². The van der Waals surface area contributed by atoms with Crippen molar-refractivity contribution in [3.63, 3.8) is 0 Å². The van der Waals surface area contributed by atoms with Crippen LogP contribution in [0, 0.1) is 6.92 Å². The third-order valence-corrected chi connectivity index (χ3v) is 2.08. The lowest BCUT2D eigenvalue weighted by Gasteiger charge is -1.91. The van der Waals surface area contributed by atoms with Crippen LogP contribution in [0.15, 0.2) is 24.3 Å². The maximum absolute atomic E-state index is 5.10. The lowest BCUT2D eigenvalue weighted by Crippen LogP contribution is -1.79. The van der Waals surface area contributed by atoms with Gasteiger partial charge in [0, 0.05) is 17.0 Å². The number of aryl methyl sites for hydroxylation is 1. The molecule has 1 aromatic carbocycles. The Hall–Kier alpha value is -1.44. The first-order valence-corrected chi connectivity index (χ1v) is 3.93. The number of methoxy groups -OCH3 is 1. The van der Waals surface area contributed by atoms with E-state index in [1.807, 2.05) is 18.2 Å². The van der Waals surface area contributed by atoms with E-state index in [0.717, 1.165) is 11.4 Å². The monoisotopic (exact) mass is 161 g/mol. The van der Waals surface area contributed by atoms with Crippen molar-refractivity contribution in [2.75, 3.05) is 7.11 Å². The SMILES string of the molecule is COc1cc2c(C)cccc2[nH]1. The predicted molar refractivity (Wildman–Crippen MR) is 49.6 cm³/mol. The van der Waals surface area contributed by atoms with Gasteiger partial charge in [0.25, 0.3) is 0 Å². The Labute approximate surface area is 71.2 Å². The quantitative estimate of drug-likeness (QED) is 0.682. The third kappa shape index (κ3) is 0.961. The Morgan fingerprint density at radius 1 is 1.33 bits per heavy atom. The lowest BCUT2D eigenvalue weighted by atomic mass is 10.1. The van der Waals surface area contributed by atoms with Gasteiger partial charge in [-0.25, -0.2) is 0 Å². The van der Waals surface area contributed by atoms with E-state index < -0.39 is 0 Å². The topological polar surface area (TPSA) is 25.0 Å². The van der Waals surface area contributed by atoms with Gasteiger partial charge in [0.1, 0.15) is 0 Å². The van der Waals surface area contributed by atoms with Crippen LogP contribution < -0.4 is 4.74 Å². The summed E-state index contributed by atoms with van der Waals surface area (Å²) in [5.41, 5.74) is 2.40. The Morgan fingerprint density at radius 3 is 2.83 bits per heavy atom. The second kappa shape index (κ2) is 2.55. The van der Waals surface area contributed by atoms with Crippen LogP contribution in [0.25, 0.3) is 10.9 Å². The number of aromatic nitrogens is 1. The number of nitrogens with one attached hydrogen (secondary N) is 1. The molecule has 0 spiro atoms. The zero-order chi connectivity index (χ0) is 8.55. The molecule has 1 N–H and O–H groups in total. The number of aromatic amines is 1. The van der Waals surface area contributed by atoms with Crippen molar-refractivity contribution in [2.24, 2.45) is 0 Å². The molecule has 0 atom stereocenters. The zero-order valence-electron chi connectivity index (χ0n) is 7.22. The van der Waals surface area contributed by atoms with Gasteiger partial charge in [-0.05, 0) is 18.6 Å². The van der Waals surface area contributed by atoms with Gasteiger partial charge in [0.2, 0.25) is 0 Å². The van der Waals surface area contributed by atoms with Crippen molar-refractivity contribution < 1.29 is 4.74 Å². The highest BCUT2D eigenvalue weighted by Crippen LogP contribution is 2.22. The minimum Gasteiger partial charge on any atom is -0.482 e. The summed E-state index contributed by atoms with van der Waals surface area (Å²) in [6.07, 6.45) is 0. The van der Waals surface area contributed by atoms with Gasteiger partial charge in [0.05, 0.1) is 7.11 Å². The molecular weight excluding hydrogens is 150 g/mol. The largest absolute Gasteiger partial charge is 0.482 e. The molecule has 0 unspecified atom stereocenters. The highest BCUT2D eigenvalue weighted by molar-refractivity contribution is 5.84. The van der Waals surface area contributed by atoms with E-state index >= 15 is 0 Å². The molecule has 0 saturated carbocycles. The highest BCUT2D eigenvalue weighted by atomic mass is 16.5. The smallest absolute Gasteiger partial charge is 0.191 e. The van der Waals surface area contributed by atoms with Crippen LogP contribution in [0.5, 0.6) is 5.88 Å². The van der Waals surface area contributed by atoms with Crippen LogP contribution in [-0.2, 0) is 0 Å². The summed E-state index contributed by atoms with van der Waals surface area (Å²) >= 11 is 0. The molecule has 0 aliphatic rings.